The van der Waals surface area contributed by atoms with Crippen LogP contribution >= 0.6 is 11.3 Å². The Kier molecular flexibility index (Phi) is 2.02. The standard InChI is InChI=1S/C8H8OS/c1-3-8(9)7-4-5-10-6(7)2/h3-5H,1H2,2H3. The molecule has 0 saturated heterocycles. The molecule has 0 aliphatic rings. The second kappa shape index (κ2) is 2.80. The molecule has 0 bridgehead atoms. The van der Waals surface area contributed by atoms with E-state index in [1.165, 1.54) is 6.08 Å². The Morgan fingerprint density at radius 2 is 2.50 bits per heavy atom. The van der Waals surface area contributed by atoms with Crippen molar-refractivity contribution in [3.8, 4) is 0 Å². The van der Waals surface area contributed by atoms with Gasteiger partial charge in [0.2, 0.25) is 0 Å². The third-order valence-corrected chi connectivity index (χ3v) is 2.16. The van der Waals surface area contributed by atoms with Crippen LogP contribution in [0.4, 0.5) is 0 Å². The molecule has 0 aliphatic carbocycles. The first-order chi connectivity index (χ1) is 4.75. The molecule has 2 heteroatoms. The molecule has 1 aromatic rings. The Bertz CT molecular complexity index is 260. The van der Waals surface area contributed by atoms with Crippen molar-refractivity contribution in [2.75, 3.05) is 0 Å². The fraction of sp³-hybridized carbons (Fsp3) is 0.125. The third kappa shape index (κ3) is 1.16. The predicted octanol–water partition coefficient (Wildman–Crippen LogP) is 2.43. The molecule has 1 aromatic heterocycles. The number of aryl methyl sites for hydroxylation is 1. The molecule has 0 saturated carbocycles. The molecule has 1 heterocycles. The fourth-order valence-corrected chi connectivity index (χ4v) is 1.45. The van der Waals surface area contributed by atoms with Gasteiger partial charge in [-0.15, -0.1) is 11.3 Å². The monoisotopic (exact) mass is 152 g/mol. The second-order valence-corrected chi connectivity index (χ2v) is 3.08. The van der Waals surface area contributed by atoms with E-state index < -0.39 is 0 Å². The molecule has 0 unspecified atom stereocenters. The van der Waals surface area contributed by atoms with Gasteiger partial charge in [0, 0.05) is 10.4 Å². The van der Waals surface area contributed by atoms with Crippen molar-refractivity contribution < 1.29 is 4.79 Å². The lowest BCUT2D eigenvalue weighted by atomic mass is 10.2. The SMILES string of the molecule is C=CC(=O)c1ccsc1C. The van der Waals surface area contributed by atoms with Crippen LogP contribution in [0.2, 0.25) is 0 Å². The summed E-state index contributed by atoms with van der Waals surface area (Å²) in [5.74, 6) is 0.0127. The molecule has 1 rings (SSSR count). The van der Waals surface area contributed by atoms with Crippen LogP contribution in [0.15, 0.2) is 24.1 Å². The van der Waals surface area contributed by atoms with E-state index >= 15 is 0 Å². The molecule has 0 aliphatic heterocycles. The lowest BCUT2D eigenvalue weighted by Gasteiger charge is -1.89. The van der Waals surface area contributed by atoms with E-state index in [0.29, 0.717) is 0 Å². The first-order valence-electron chi connectivity index (χ1n) is 2.96. The Morgan fingerprint density at radius 3 is 2.90 bits per heavy atom. The number of rotatable bonds is 2. The highest BCUT2D eigenvalue weighted by Crippen LogP contribution is 2.15. The van der Waals surface area contributed by atoms with E-state index in [9.17, 15) is 4.79 Å². The molecule has 0 radical (unpaired) electrons. The van der Waals surface area contributed by atoms with E-state index in [1.54, 1.807) is 11.3 Å². The largest absolute Gasteiger partial charge is 0.289 e. The molecule has 10 heavy (non-hydrogen) atoms. The Balaban J connectivity index is 3.04. The highest BCUT2D eigenvalue weighted by molar-refractivity contribution is 7.10. The van der Waals surface area contributed by atoms with Gasteiger partial charge in [-0.1, -0.05) is 6.58 Å². The van der Waals surface area contributed by atoms with Crippen LogP contribution < -0.4 is 0 Å². The van der Waals surface area contributed by atoms with E-state index in [4.69, 9.17) is 0 Å². The van der Waals surface area contributed by atoms with Crippen LogP contribution in [0.25, 0.3) is 0 Å². The summed E-state index contributed by atoms with van der Waals surface area (Å²) >= 11 is 1.58. The molecule has 0 aromatic carbocycles. The number of ketones is 1. The van der Waals surface area contributed by atoms with Crippen molar-refractivity contribution in [2.24, 2.45) is 0 Å². The smallest absolute Gasteiger partial charge is 0.186 e. The predicted molar refractivity (Wildman–Crippen MR) is 43.6 cm³/mol. The summed E-state index contributed by atoms with van der Waals surface area (Å²) in [6.45, 7) is 5.34. The molecule has 0 N–H and O–H groups in total. The van der Waals surface area contributed by atoms with Crippen LogP contribution in [0, 0.1) is 6.92 Å². The average molecular weight is 152 g/mol. The van der Waals surface area contributed by atoms with E-state index in [0.717, 1.165) is 10.4 Å². The summed E-state index contributed by atoms with van der Waals surface area (Å²) in [4.78, 5) is 12.0. The molecular weight excluding hydrogens is 144 g/mol. The topological polar surface area (TPSA) is 17.1 Å². The van der Waals surface area contributed by atoms with Crippen LogP contribution in [0.5, 0.6) is 0 Å². The summed E-state index contributed by atoms with van der Waals surface area (Å²) in [6, 6.07) is 1.82. The Hall–Kier alpha value is -0.890. The van der Waals surface area contributed by atoms with Gasteiger partial charge in [-0.25, -0.2) is 0 Å². The van der Waals surface area contributed by atoms with Crippen LogP contribution in [0.1, 0.15) is 15.2 Å². The van der Waals surface area contributed by atoms with Gasteiger partial charge in [0.15, 0.2) is 5.78 Å². The minimum Gasteiger partial charge on any atom is -0.289 e. The Labute approximate surface area is 64.0 Å². The summed E-state index contributed by atoms with van der Waals surface area (Å²) < 4.78 is 0. The second-order valence-electron chi connectivity index (χ2n) is 1.96. The van der Waals surface area contributed by atoms with Crippen molar-refractivity contribution in [1.29, 1.82) is 0 Å². The molecule has 0 fully saturated rings. The first kappa shape index (κ1) is 7.22. The number of carbonyl (C=O) groups is 1. The van der Waals surface area contributed by atoms with E-state index in [-0.39, 0.29) is 5.78 Å². The molecule has 0 amide bonds. The maximum Gasteiger partial charge on any atom is 0.186 e. The number of hydrogen-bond donors (Lipinski definition) is 0. The van der Waals surface area contributed by atoms with Crippen LogP contribution in [-0.4, -0.2) is 5.78 Å². The summed E-state index contributed by atoms with van der Waals surface area (Å²) in [5, 5.41) is 1.91. The Morgan fingerprint density at radius 1 is 1.80 bits per heavy atom. The third-order valence-electron chi connectivity index (χ3n) is 1.31. The van der Waals surface area contributed by atoms with Gasteiger partial charge in [-0.2, -0.15) is 0 Å². The number of hydrogen-bond acceptors (Lipinski definition) is 2. The van der Waals surface area contributed by atoms with Crippen molar-refractivity contribution in [1.82, 2.24) is 0 Å². The van der Waals surface area contributed by atoms with E-state index in [1.807, 2.05) is 18.4 Å². The van der Waals surface area contributed by atoms with Gasteiger partial charge in [0.1, 0.15) is 0 Å². The van der Waals surface area contributed by atoms with Gasteiger partial charge in [0.05, 0.1) is 0 Å². The average Bonchev–Trinajstić information content (AvgIpc) is 2.34. The molecule has 0 atom stereocenters. The quantitative estimate of drug-likeness (QED) is 0.470. The summed E-state index contributed by atoms with van der Waals surface area (Å²) in [6.07, 6.45) is 1.34. The van der Waals surface area contributed by atoms with Crippen molar-refractivity contribution in [3.05, 3.63) is 34.5 Å². The van der Waals surface area contributed by atoms with Gasteiger partial charge in [0.25, 0.3) is 0 Å². The first-order valence-corrected chi connectivity index (χ1v) is 3.84. The van der Waals surface area contributed by atoms with Gasteiger partial charge in [-0.3, -0.25) is 4.79 Å². The normalized spacial score (nSPS) is 9.30. The number of allylic oxidation sites excluding steroid dienone is 1. The maximum atomic E-state index is 11.0. The lowest BCUT2D eigenvalue weighted by molar-refractivity contribution is 0.104. The van der Waals surface area contributed by atoms with Gasteiger partial charge in [-0.05, 0) is 24.4 Å². The maximum absolute atomic E-state index is 11.0. The number of thiophene rings is 1. The zero-order chi connectivity index (χ0) is 7.56. The van der Waals surface area contributed by atoms with Gasteiger partial charge < -0.3 is 0 Å². The molecule has 0 spiro atoms. The highest BCUT2D eigenvalue weighted by Gasteiger charge is 2.04. The zero-order valence-electron chi connectivity index (χ0n) is 5.76. The van der Waals surface area contributed by atoms with Crippen molar-refractivity contribution >= 4 is 17.1 Å². The van der Waals surface area contributed by atoms with Crippen molar-refractivity contribution in [3.63, 3.8) is 0 Å². The number of carbonyl (C=O) groups excluding carboxylic acids is 1. The molecular formula is C8H8OS. The molecule has 1 nitrogen and oxygen atoms in total. The minimum absolute atomic E-state index is 0.0127. The minimum atomic E-state index is 0.0127. The van der Waals surface area contributed by atoms with Crippen LogP contribution in [-0.2, 0) is 0 Å². The summed E-state index contributed by atoms with van der Waals surface area (Å²) in [7, 11) is 0. The summed E-state index contributed by atoms with van der Waals surface area (Å²) in [5.41, 5.74) is 0.778. The fourth-order valence-electron chi connectivity index (χ4n) is 0.751. The van der Waals surface area contributed by atoms with Crippen LogP contribution in [0.3, 0.4) is 0 Å². The lowest BCUT2D eigenvalue weighted by Crippen LogP contribution is -1.91. The van der Waals surface area contributed by atoms with Gasteiger partial charge >= 0.3 is 0 Å². The molecule has 52 valence electrons. The van der Waals surface area contributed by atoms with Crippen molar-refractivity contribution in [2.45, 2.75) is 6.92 Å². The zero-order valence-corrected chi connectivity index (χ0v) is 6.57. The highest BCUT2D eigenvalue weighted by atomic mass is 32.1. The van der Waals surface area contributed by atoms with E-state index in [2.05, 4.69) is 6.58 Å².